The van der Waals surface area contributed by atoms with Crippen LogP contribution in [-0.2, 0) is 10.0 Å². The number of allylic oxidation sites excluding steroid dienone is 4. The minimum absolute atomic E-state index is 0.223. The van der Waals surface area contributed by atoms with E-state index in [1.807, 2.05) is 48.6 Å². The average Bonchev–Trinajstić information content (AvgIpc) is 4.06. The fraction of sp³-hybridized carbons (Fsp3) is 0.0299. The minimum Gasteiger partial charge on any atom is -0.313 e. The van der Waals surface area contributed by atoms with E-state index in [9.17, 15) is 0 Å². The van der Waals surface area contributed by atoms with Crippen molar-refractivity contribution < 1.29 is 8.42 Å². The number of hydrogen-bond acceptors (Lipinski definition) is 2. The molecule has 0 saturated carbocycles. The first-order valence-electron chi connectivity index (χ1n) is 24.6. The second kappa shape index (κ2) is 19.2. The summed E-state index contributed by atoms with van der Waals surface area (Å²) in [4.78, 5) is 0.223. The summed E-state index contributed by atoms with van der Waals surface area (Å²) in [6.45, 7) is 12.7. The Morgan fingerprint density at radius 3 is 1.34 bits per heavy atom. The number of aromatic nitrogens is 3. The van der Waals surface area contributed by atoms with Crippen LogP contribution in [0.4, 0.5) is 0 Å². The molecule has 3 aromatic heterocycles. The summed E-state index contributed by atoms with van der Waals surface area (Å²) in [6.07, 6.45) is 8.28. The fourth-order valence-electron chi connectivity index (χ4n) is 10.6. The van der Waals surface area contributed by atoms with Crippen molar-refractivity contribution in [2.75, 3.05) is 0 Å². The maximum atomic E-state index is 15.0. The topological polar surface area (TPSA) is 48.9 Å². The van der Waals surface area contributed by atoms with Gasteiger partial charge in [0.1, 0.15) is 0 Å². The van der Waals surface area contributed by atoms with E-state index in [1.54, 1.807) is 24.3 Å². The van der Waals surface area contributed by atoms with E-state index in [1.165, 1.54) is 7.48 Å². The molecule has 7 heteroatoms. The number of nitrogens with zero attached hydrogens (tertiary/aromatic N) is 3. The third-order valence-electron chi connectivity index (χ3n) is 14.1. The third-order valence-corrected chi connectivity index (χ3v) is 18.7. The van der Waals surface area contributed by atoms with Crippen LogP contribution >= 0.6 is 20.7 Å². The zero-order valence-electron chi connectivity index (χ0n) is 41.0. The number of rotatable bonds is 12. The molecule has 0 saturated heterocycles. The zero-order valence-corrected chi connectivity index (χ0v) is 43.9. The van der Waals surface area contributed by atoms with Crippen LogP contribution in [0.1, 0.15) is 18.2 Å². The Labute approximate surface area is 441 Å². The van der Waals surface area contributed by atoms with Gasteiger partial charge in [-0.05, 0) is 148 Å². The molecule has 3 heterocycles. The van der Waals surface area contributed by atoms with E-state index >= 15 is 8.42 Å². The molecular formula is C67H50IN3O2S. The fourth-order valence-corrected chi connectivity index (χ4v) is 13.9. The molecule has 0 bridgehead atoms. The molecule has 5 nitrogen and oxygen atoms in total. The predicted molar refractivity (Wildman–Crippen MR) is 323 cm³/mol. The summed E-state index contributed by atoms with van der Waals surface area (Å²) in [5.74, 6) is 0. The summed E-state index contributed by atoms with van der Waals surface area (Å²) in [6, 6.07) is 72.7. The Bertz CT molecular complexity index is 4310. The first-order valence-corrected chi connectivity index (χ1v) is 28.4. The lowest BCUT2D eigenvalue weighted by atomic mass is 10.0. The third kappa shape index (κ3) is 8.00. The summed E-state index contributed by atoms with van der Waals surface area (Å²) in [7, 11) is -4.06. The molecule has 0 aliphatic carbocycles. The maximum absolute atomic E-state index is 15.0. The van der Waals surface area contributed by atoms with Crippen LogP contribution in [0.2, 0.25) is 0 Å². The Balaban J connectivity index is 1.12. The van der Waals surface area contributed by atoms with Crippen LogP contribution in [0.3, 0.4) is 0 Å². The van der Waals surface area contributed by atoms with Gasteiger partial charge in [0.05, 0.1) is 32.5 Å². The average molecular weight is 1090 g/mol. The molecule has 9 aromatic carbocycles. The number of fused-ring (bicyclic) bond motifs is 7. The summed E-state index contributed by atoms with van der Waals surface area (Å²) < 4.78 is 39.6. The molecule has 0 fully saturated rings. The van der Waals surface area contributed by atoms with Crippen molar-refractivity contribution >= 4 is 94.9 Å². The lowest BCUT2D eigenvalue weighted by molar-refractivity contribution is 0.590. The second-order valence-corrected chi connectivity index (χ2v) is 22.7. The van der Waals surface area contributed by atoms with Gasteiger partial charge in [0, 0.05) is 53.1 Å². The first-order chi connectivity index (χ1) is 36.2. The molecule has 0 radical (unpaired) electrons. The molecule has 0 unspecified atom stereocenters. The normalized spacial score (nSPS) is 12.6. The van der Waals surface area contributed by atoms with Gasteiger partial charge in [0.25, 0.3) is 10.0 Å². The van der Waals surface area contributed by atoms with Gasteiger partial charge >= 0.3 is 0 Å². The molecule has 0 N–H and O–H groups in total. The van der Waals surface area contributed by atoms with Crippen LogP contribution in [-0.4, -0.2) is 25.0 Å². The molecule has 0 spiro atoms. The van der Waals surface area contributed by atoms with Crippen molar-refractivity contribution in [1.29, 1.82) is 0 Å². The Kier molecular flexibility index (Phi) is 12.1. The molecule has 0 aliphatic heterocycles. The van der Waals surface area contributed by atoms with Crippen molar-refractivity contribution in [2.24, 2.45) is 0 Å². The molecule has 74 heavy (non-hydrogen) atoms. The van der Waals surface area contributed by atoms with Crippen molar-refractivity contribution in [1.82, 2.24) is 13.1 Å². The van der Waals surface area contributed by atoms with E-state index < -0.39 is 30.8 Å². The van der Waals surface area contributed by atoms with E-state index in [4.69, 9.17) is 0 Å². The van der Waals surface area contributed by atoms with E-state index in [-0.39, 0.29) is 4.90 Å². The molecular weight excluding hydrogens is 1040 g/mol. The molecule has 0 atom stereocenters. The SMILES string of the molecule is C=CC(=I/C=C\C)/C(C=C)=C/c1c(C)n(-c2ccc3c(c2)c2cc(-n4c5ccc(-c6ccccc6)cc5c5cc(-c6ccccc6)ccc54)ccc2n3S(=O)(=O)c2ccccc2)c2ccc(-c3ccccc3)cc12. The highest BCUT2D eigenvalue weighted by Crippen LogP contribution is 2.42. The summed E-state index contributed by atoms with van der Waals surface area (Å²) >= 11 is -0.426. The lowest BCUT2D eigenvalue weighted by Gasteiger charge is -2.12. The Morgan fingerprint density at radius 2 is 0.878 bits per heavy atom. The molecule has 12 aromatic rings. The molecule has 0 aliphatic rings. The van der Waals surface area contributed by atoms with E-state index in [0.717, 1.165) is 105 Å². The van der Waals surface area contributed by atoms with Gasteiger partial charge in [-0.15, -0.1) is 0 Å². The molecule has 358 valence electrons. The van der Waals surface area contributed by atoms with Crippen LogP contribution in [0.5, 0.6) is 0 Å². The highest BCUT2D eigenvalue weighted by atomic mass is 127. The van der Waals surface area contributed by atoms with Gasteiger partial charge in [0.2, 0.25) is 0 Å². The van der Waals surface area contributed by atoms with Gasteiger partial charge in [-0.2, -0.15) is 0 Å². The quantitative estimate of drug-likeness (QED) is 0.0904. The number of halogens is 1. The van der Waals surface area contributed by atoms with Crippen LogP contribution in [0.25, 0.3) is 105 Å². The first kappa shape index (κ1) is 46.7. The van der Waals surface area contributed by atoms with Gasteiger partial charge in [-0.25, -0.2) is 12.4 Å². The highest BCUT2D eigenvalue weighted by molar-refractivity contribution is 14.2. The Hall–Kier alpha value is -8.37. The molecule has 12 rings (SSSR count). The number of benzene rings is 9. The zero-order chi connectivity index (χ0) is 50.5. The second-order valence-electron chi connectivity index (χ2n) is 18.4. The van der Waals surface area contributed by atoms with Gasteiger partial charge in [-0.1, -0.05) is 180 Å². The monoisotopic (exact) mass is 1090 g/mol. The predicted octanol–water partition coefficient (Wildman–Crippen LogP) is 17.8. The van der Waals surface area contributed by atoms with Crippen molar-refractivity contribution in [3.8, 4) is 44.8 Å². The maximum Gasteiger partial charge on any atom is 0.268 e. The van der Waals surface area contributed by atoms with E-state index in [0.29, 0.717) is 11.0 Å². The van der Waals surface area contributed by atoms with Gasteiger partial charge in [0.15, 0.2) is 0 Å². The largest absolute Gasteiger partial charge is 0.313 e. The van der Waals surface area contributed by atoms with Crippen molar-refractivity contribution in [2.45, 2.75) is 18.7 Å². The van der Waals surface area contributed by atoms with Crippen LogP contribution < -0.4 is 0 Å². The lowest BCUT2D eigenvalue weighted by Crippen LogP contribution is -2.12. The van der Waals surface area contributed by atoms with Crippen LogP contribution in [0, 0.1) is 6.92 Å². The standard InChI is InChI=1S/C67H50IN3O2S/c1-5-38-68-62(7-3)46(6-2)39-56-45(4)69(63-33-28-50(40-57(56)63)47-20-12-8-13-21-47)53-31-36-66-60(43-53)61-44-54(32-37-67(61)71(66)74(72,73)55-26-18-11-19-27-55)70-64-34-29-51(48-22-14-9-15-23-48)41-58(64)59-42-52(30-35-65(59)70)49-24-16-10-17-25-49/h5-44H,2-3H2,1,4H3/b38-5-,46-39+. The Morgan fingerprint density at radius 1 is 0.459 bits per heavy atom. The number of hydrogen-bond donors (Lipinski definition) is 0. The summed E-state index contributed by atoms with van der Waals surface area (Å²) in [5, 5.41) is 5.01. The highest BCUT2D eigenvalue weighted by Gasteiger charge is 2.26. The van der Waals surface area contributed by atoms with Crippen molar-refractivity contribution in [3.63, 3.8) is 0 Å². The smallest absolute Gasteiger partial charge is 0.268 e. The van der Waals surface area contributed by atoms with E-state index in [2.05, 4.69) is 204 Å². The van der Waals surface area contributed by atoms with Crippen LogP contribution in [0.15, 0.2) is 258 Å². The van der Waals surface area contributed by atoms with Crippen molar-refractivity contribution in [3.05, 3.63) is 265 Å². The minimum atomic E-state index is -4.06. The molecule has 0 amide bonds. The summed E-state index contributed by atoms with van der Waals surface area (Å²) in [5.41, 5.74) is 16.2. The van der Waals surface area contributed by atoms with Gasteiger partial charge < -0.3 is 9.13 Å². The van der Waals surface area contributed by atoms with Gasteiger partial charge in [-0.3, -0.25) is 0 Å².